The molecule has 1 heterocycles. The summed E-state index contributed by atoms with van der Waals surface area (Å²) in [5.41, 5.74) is 1.17. The first-order chi connectivity index (χ1) is 11.2. The molecule has 2 unspecified atom stereocenters. The molecule has 1 amide bonds. The maximum Gasteiger partial charge on any atom is 0.223 e. The first-order valence-electron chi connectivity index (χ1n) is 8.37. The van der Waals surface area contributed by atoms with Crippen LogP contribution in [0.2, 0.25) is 5.02 Å². The second-order valence-corrected chi connectivity index (χ2v) is 7.28. The molecular weight excluding hydrogens is 347 g/mol. The van der Waals surface area contributed by atoms with Crippen LogP contribution in [0.3, 0.4) is 0 Å². The van der Waals surface area contributed by atoms with E-state index in [0.717, 1.165) is 42.9 Å². The van der Waals surface area contributed by atoms with Crippen LogP contribution in [-0.2, 0) is 9.53 Å². The summed E-state index contributed by atoms with van der Waals surface area (Å²) in [4.78, 5) is 12.5. The molecule has 2 fully saturated rings. The Hall–Kier alpha value is -0.810. The molecule has 2 N–H and O–H groups in total. The number of amides is 1. The molecule has 0 radical (unpaired) electrons. The molecule has 3 rings (SSSR count). The van der Waals surface area contributed by atoms with Crippen LogP contribution in [-0.4, -0.2) is 39.3 Å². The van der Waals surface area contributed by atoms with Crippen LogP contribution in [0.5, 0.6) is 0 Å². The molecule has 2 aliphatic rings. The summed E-state index contributed by atoms with van der Waals surface area (Å²) in [5.74, 6) is 0.496. The first-order valence-corrected chi connectivity index (χ1v) is 8.75. The number of carbonyl (C=O) groups is 1. The highest BCUT2D eigenvalue weighted by atomic mass is 35.5. The van der Waals surface area contributed by atoms with Gasteiger partial charge in [0.15, 0.2) is 0 Å². The Morgan fingerprint density at radius 3 is 2.75 bits per heavy atom. The Balaban J connectivity index is 0.00000208. The van der Waals surface area contributed by atoms with Crippen molar-refractivity contribution >= 4 is 29.9 Å². The van der Waals surface area contributed by atoms with Crippen LogP contribution in [0.25, 0.3) is 0 Å². The van der Waals surface area contributed by atoms with Gasteiger partial charge >= 0.3 is 0 Å². The summed E-state index contributed by atoms with van der Waals surface area (Å²) >= 11 is 6.24. The molecule has 1 saturated carbocycles. The van der Waals surface area contributed by atoms with E-state index in [0.29, 0.717) is 13.2 Å². The molecule has 1 aliphatic carbocycles. The summed E-state index contributed by atoms with van der Waals surface area (Å²) in [5, 5.41) is 7.31. The number of carbonyl (C=O) groups excluding carboxylic acids is 1. The number of piperidine rings is 1. The lowest BCUT2D eigenvalue weighted by molar-refractivity contribution is -0.123. The Morgan fingerprint density at radius 2 is 2.08 bits per heavy atom. The van der Waals surface area contributed by atoms with E-state index in [1.165, 1.54) is 0 Å². The molecule has 1 aliphatic heterocycles. The van der Waals surface area contributed by atoms with Crippen molar-refractivity contribution in [2.75, 3.05) is 33.4 Å². The fraction of sp³-hybridized carbons (Fsp3) is 0.611. The average molecular weight is 373 g/mol. The number of nitrogens with one attached hydrogen (secondary N) is 2. The Bertz CT molecular complexity index is 556. The van der Waals surface area contributed by atoms with Gasteiger partial charge in [0, 0.05) is 30.0 Å². The SMILES string of the molecule is COCC1(CNC(=O)C2CC2c2ccccc2Cl)CCNCC1.Cl. The monoisotopic (exact) mass is 372 g/mol. The van der Waals surface area contributed by atoms with Crippen molar-refractivity contribution in [1.82, 2.24) is 10.6 Å². The normalized spacial score (nSPS) is 24.8. The highest BCUT2D eigenvalue weighted by Gasteiger charge is 2.45. The number of halogens is 2. The van der Waals surface area contributed by atoms with E-state index in [4.69, 9.17) is 16.3 Å². The van der Waals surface area contributed by atoms with Crippen LogP contribution in [0, 0.1) is 11.3 Å². The molecule has 1 aromatic rings. The summed E-state index contributed by atoms with van der Waals surface area (Å²) in [7, 11) is 1.74. The van der Waals surface area contributed by atoms with Gasteiger partial charge in [0.05, 0.1) is 6.61 Å². The quantitative estimate of drug-likeness (QED) is 0.806. The van der Waals surface area contributed by atoms with E-state index in [1.807, 2.05) is 24.3 Å². The number of rotatable bonds is 6. The molecule has 1 aromatic carbocycles. The molecule has 24 heavy (non-hydrogen) atoms. The van der Waals surface area contributed by atoms with E-state index in [2.05, 4.69) is 10.6 Å². The van der Waals surface area contributed by atoms with Gasteiger partial charge in [-0.3, -0.25) is 4.79 Å². The van der Waals surface area contributed by atoms with Gasteiger partial charge in [-0.05, 0) is 49.9 Å². The Labute approximate surface area is 155 Å². The van der Waals surface area contributed by atoms with Crippen molar-refractivity contribution in [1.29, 1.82) is 0 Å². The van der Waals surface area contributed by atoms with Gasteiger partial charge < -0.3 is 15.4 Å². The maximum atomic E-state index is 12.5. The molecule has 4 nitrogen and oxygen atoms in total. The number of ether oxygens (including phenoxy) is 1. The lowest BCUT2D eigenvalue weighted by atomic mass is 9.79. The third-order valence-corrected chi connectivity index (χ3v) is 5.53. The molecule has 6 heteroatoms. The standard InChI is InChI=1S/C18H25ClN2O2.ClH/c1-23-12-18(6-8-20-9-7-18)11-21-17(22)15-10-14(15)13-4-2-3-5-16(13)19;/h2-5,14-15,20H,6-12H2,1H3,(H,21,22);1H. The fourth-order valence-corrected chi connectivity index (χ4v) is 3.92. The van der Waals surface area contributed by atoms with Crippen LogP contribution in [0.1, 0.15) is 30.7 Å². The fourth-order valence-electron chi connectivity index (χ4n) is 3.65. The zero-order chi connectivity index (χ0) is 16.3. The van der Waals surface area contributed by atoms with E-state index in [9.17, 15) is 4.79 Å². The van der Waals surface area contributed by atoms with Gasteiger partial charge in [-0.2, -0.15) is 0 Å². The van der Waals surface area contributed by atoms with Crippen molar-refractivity contribution in [3.05, 3.63) is 34.9 Å². The van der Waals surface area contributed by atoms with Gasteiger partial charge in [0.2, 0.25) is 5.91 Å². The minimum absolute atomic E-state index is 0. The number of hydrogen-bond acceptors (Lipinski definition) is 3. The van der Waals surface area contributed by atoms with Crippen molar-refractivity contribution in [3.63, 3.8) is 0 Å². The molecule has 0 aromatic heterocycles. The van der Waals surface area contributed by atoms with Gasteiger partial charge in [0.1, 0.15) is 0 Å². The van der Waals surface area contributed by atoms with E-state index in [1.54, 1.807) is 7.11 Å². The van der Waals surface area contributed by atoms with Crippen molar-refractivity contribution in [3.8, 4) is 0 Å². The topological polar surface area (TPSA) is 50.4 Å². The molecule has 0 spiro atoms. The lowest BCUT2D eigenvalue weighted by Crippen LogP contribution is -2.47. The summed E-state index contributed by atoms with van der Waals surface area (Å²) in [6.45, 7) is 3.39. The van der Waals surface area contributed by atoms with Crippen LogP contribution < -0.4 is 10.6 Å². The summed E-state index contributed by atoms with van der Waals surface area (Å²) in [6, 6.07) is 7.83. The minimum Gasteiger partial charge on any atom is -0.384 e. The predicted octanol–water partition coefficient (Wildman–Crippen LogP) is 3.00. The van der Waals surface area contributed by atoms with Gasteiger partial charge in [-0.15, -0.1) is 12.4 Å². The first kappa shape index (κ1) is 19.5. The predicted molar refractivity (Wildman–Crippen MR) is 99.0 cm³/mol. The highest BCUT2D eigenvalue weighted by Crippen LogP contribution is 2.49. The van der Waals surface area contributed by atoms with Crippen molar-refractivity contribution in [2.45, 2.75) is 25.2 Å². The second kappa shape index (κ2) is 8.52. The Morgan fingerprint density at radius 1 is 1.38 bits per heavy atom. The second-order valence-electron chi connectivity index (χ2n) is 6.87. The highest BCUT2D eigenvalue weighted by molar-refractivity contribution is 6.31. The smallest absolute Gasteiger partial charge is 0.223 e. The lowest BCUT2D eigenvalue weighted by Gasteiger charge is -2.37. The summed E-state index contributed by atoms with van der Waals surface area (Å²) in [6.07, 6.45) is 2.98. The van der Waals surface area contributed by atoms with Gasteiger partial charge in [-0.1, -0.05) is 29.8 Å². The molecule has 1 saturated heterocycles. The molecule has 134 valence electrons. The largest absolute Gasteiger partial charge is 0.384 e. The van der Waals surface area contributed by atoms with E-state index in [-0.39, 0.29) is 35.6 Å². The van der Waals surface area contributed by atoms with Gasteiger partial charge in [0.25, 0.3) is 0 Å². The van der Waals surface area contributed by atoms with E-state index < -0.39 is 0 Å². The molecule has 2 atom stereocenters. The average Bonchev–Trinajstić information content (AvgIpc) is 3.35. The van der Waals surface area contributed by atoms with E-state index >= 15 is 0 Å². The Kier molecular flexibility index (Phi) is 6.93. The van der Waals surface area contributed by atoms with Crippen LogP contribution in [0.15, 0.2) is 24.3 Å². The summed E-state index contributed by atoms with van der Waals surface area (Å²) < 4.78 is 5.40. The minimum atomic E-state index is 0. The van der Waals surface area contributed by atoms with Crippen molar-refractivity contribution in [2.24, 2.45) is 11.3 Å². The third-order valence-electron chi connectivity index (χ3n) is 5.18. The van der Waals surface area contributed by atoms with Crippen LogP contribution in [0.4, 0.5) is 0 Å². The van der Waals surface area contributed by atoms with Crippen LogP contribution >= 0.6 is 24.0 Å². The molecular formula is C18H26Cl2N2O2. The number of methoxy groups -OCH3 is 1. The maximum absolute atomic E-state index is 12.5. The zero-order valence-corrected chi connectivity index (χ0v) is 15.6. The number of hydrogen-bond donors (Lipinski definition) is 2. The zero-order valence-electron chi connectivity index (χ0n) is 14.0. The number of benzene rings is 1. The third kappa shape index (κ3) is 4.42. The molecule has 0 bridgehead atoms. The van der Waals surface area contributed by atoms with Gasteiger partial charge in [-0.25, -0.2) is 0 Å². The van der Waals surface area contributed by atoms with Crippen molar-refractivity contribution < 1.29 is 9.53 Å².